The summed E-state index contributed by atoms with van der Waals surface area (Å²) >= 11 is 0. The molecule has 1 aromatic carbocycles. The van der Waals surface area contributed by atoms with E-state index < -0.39 is 36.6 Å². The molecule has 0 fully saturated rings. The molecular formula is C9H9O6S2. The summed E-state index contributed by atoms with van der Waals surface area (Å²) in [4.78, 5) is -0.715. The number of para-hydroxylation sites is 1. The Labute approximate surface area is 99.4 Å². The van der Waals surface area contributed by atoms with Crippen LogP contribution in [0, 0.1) is 0 Å². The third kappa shape index (κ3) is 3.84. The first-order valence-corrected chi connectivity index (χ1v) is 7.33. The minimum absolute atomic E-state index is 0.486. The van der Waals surface area contributed by atoms with Crippen LogP contribution in [0.4, 0.5) is 0 Å². The van der Waals surface area contributed by atoms with Gasteiger partial charge in [-0.15, -0.1) is 6.58 Å². The second kappa shape index (κ2) is 4.86. The number of benzene rings is 1. The van der Waals surface area contributed by atoms with Crippen molar-refractivity contribution < 1.29 is 25.6 Å². The van der Waals surface area contributed by atoms with E-state index in [1.54, 1.807) is 0 Å². The molecule has 0 saturated carbocycles. The Balaban J connectivity index is 3.21. The van der Waals surface area contributed by atoms with E-state index >= 15 is 0 Å². The monoisotopic (exact) mass is 277 g/mol. The zero-order valence-electron chi connectivity index (χ0n) is 8.57. The van der Waals surface area contributed by atoms with Gasteiger partial charge in [-0.25, -0.2) is 0 Å². The Bertz CT molecular complexity index is 615. The van der Waals surface area contributed by atoms with Crippen molar-refractivity contribution >= 4 is 20.2 Å². The standard InChI is InChI=1S/C9H9O6S2/c1-2-7-16(10,11)15-8-5-3-4-6-9(8)17(12,13)14/h2-6H,1,7H2. The fourth-order valence-corrected chi connectivity index (χ4v) is 2.47. The lowest BCUT2D eigenvalue weighted by Gasteiger charge is -2.07. The molecule has 17 heavy (non-hydrogen) atoms. The molecule has 0 spiro atoms. The van der Waals surface area contributed by atoms with Crippen molar-refractivity contribution in [1.82, 2.24) is 0 Å². The summed E-state index contributed by atoms with van der Waals surface area (Å²) in [6.45, 7) is 3.22. The van der Waals surface area contributed by atoms with E-state index in [0.29, 0.717) is 0 Å². The van der Waals surface area contributed by atoms with Gasteiger partial charge in [0.25, 0.3) is 0 Å². The third-order valence-electron chi connectivity index (χ3n) is 1.66. The molecule has 0 aromatic heterocycles. The van der Waals surface area contributed by atoms with Gasteiger partial charge in [-0.2, -0.15) is 16.8 Å². The van der Waals surface area contributed by atoms with Gasteiger partial charge in [0.15, 0.2) is 5.75 Å². The molecule has 0 unspecified atom stereocenters. The van der Waals surface area contributed by atoms with Crippen LogP contribution < -0.4 is 4.18 Å². The van der Waals surface area contributed by atoms with Crippen LogP contribution in [0.3, 0.4) is 0 Å². The van der Waals surface area contributed by atoms with Crippen LogP contribution in [0.15, 0.2) is 41.8 Å². The van der Waals surface area contributed by atoms with Crippen molar-refractivity contribution in [3.63, 3.8) is 0 Å². The van der Waals surface area contributed by atoms with Crippen molar-refractivity contribution in [3.05, 3.63) is 36.9 Å². The van der Waals surface area contributed by atoms with Gasteiger partial charge in [0.05, 0.1) is 0 Å². The second-order valence-electron chi connectivity index (χ2n) is 3.00. The predicted octanol–water partition coefficient (Wildman–Crippen LogP) is 0.700. The molecule has 0 aliphatic carbocycles. The zero-order valence-corrected chi connectivity index (χ0v) is 10.2. The maximum absolute atomic E-state index is 11.3. The van der Waals surface area contributed by atoms with Gasteiger partial charge in [-0.1, -0.05) is 22.8 Å². The summed E-state index contributed by atoms with van der Waals surface area (Å²) in [7, 11) is -8.77. The summed E-state index contributed by atoms with van der Waals surface area (Å²) in [6.07, 6.45) is 1.09. The van der Waals surface area contributed by atoms with E-state index in [4.69, 9.17) is 0 Å². The maximum atomic E-state index is 11.3. The average molecular weight is 277 g/mol. The molecule has 0 aliphatic rings. The highest BCUT2D eigenvalue weighted by atomic mass is 32.2. The normalized spacial score (nSPS) is 12.1. The van der Waals surface area contributed by atoms with Crippen molar-refractivity contribution in [3.8, 4) is 5.75 Å². The van der Waals surface area contributed by atoms with E-state index in [-0.39, 0.29) is 0 Å². The fraction of sp³-hybridized carbons (Fsp3) is 0.111. The third-order valence-corrected chi connectivity index (χ3v) is 3.61. The lowest BCUT2D eigenvalue weighted by molar-refractivity contribution is 0.410. The molecule has 0 heterocycles. The van der Waals surface area contributed by atoms with Crippen LogP contribution in [0.25, 0.3) is 0 Å². The fourth-order valence-electron chi connectivity index (χ4n) is 1.04. The van der Waals surface area contributed by atoms with Gasteiger partial charge >= 0.3 is 20.2 Å². The zero-order chi connectivity index (χ0) is 13.1. The molecule has 0 amide bonds. The Morgan fingerprint density at radius 1 is 1.18 bits per heavy atom. The van der Waals surface area contributed by atoms with Crippen LogP contribution in [0.1, 0.15) is 0 Å². The molecular weight excluding hydrogens is 268 g/mol. The first kappa shape index (κ1) is 13.7. The Morgan fingerprint density at radius 2 is 1.76 bits per heavy atom. The van der Waals surface area contributed by atoms with Crippen molar-refractivity contribution in [2.75, 3.05) is 5.75 Å². The number of hydrogen-bond acceptors (Lipinski definition) is 5. The quantitative estimate of drug-likeness (QED) is 0.583. The summed E-state index contributed by atoms with van der Waals surface area (Å²) in [5.74, 6) is -0.996. The Hall–Kier alpha value is -1.38. The van der Waals surface area contributed by atoms with Crippen LogP contribution in [-0.2, 0) is 24.8 Å². The van der Waals surface area contributed by atoms with Crippen LogP contribution >= 0.6 is 0 Å². The highest BCUT2D eigenvalue weighted by molar-refractivity contribution is 7.87. The highest BCUT2D eigenvalue weighted by Gasteiger charge is 2.21. The molecule has 0 bridgehead atoms. The predicted molar refractivity (Wildman–Crippen MR) is 58.9 cm³/mol. The van der Waals surface area contributed by atoms with E-state index in [9.17, 15) is 21.4 Å². The first-order valence-electron chi connectivity index (χ1n) is 4.34. The average Bonchev–Trinajstić information content (AvgIpc) is 2.15. The largest absolute Gasteiger partial charge is 0.381 e. The summed E-state index contributed by atoms with van der Waals surface area (Å²) < 4.78 is 59.6. The minimum Gasteiger partial charge on any atom is -0.381 e. The molecule has 1 aromatic rings. The second-order valence-corrected chi connectivity index (χ2v) is 5.96. The topological polar surface area (TPSA) is 97.4 Å². The van der Waals surface area contributed by atoms with Gasteiger partial charge in [0.1, 0.15) is 10.6 Å². The minimum atomic E-state index is -4.79. The van der Waals surface area contributed by atoms with Crippen LogP contribution in [-0.4, -0.2) is 22.6 Å². The van der Waals surface area contributed by atoms with Gasteiger partial charge < -0.3 is 4.18 Å². The lowest BCUT2D eigenvalue weighted by atomic mass is 10.3. The van der Waals surface area contributed by atoms with Crippen molar-refractivity contribution in [2.45, 2.75) is 4.90 Å². The number of hydrogen-bond donors (Lipinski definition) is 0. The molecule has 0 aliphatic heterocycles. The Morgan fingerprint density at radius 3 is 2.29 bits per heavy atom. The van der Waals surface area contributed by atoms with Gasteiger partial charge in [-0.05, 0) is 12.1 Å². The highest BCUT2D eigenvalue weighted by Crippen LogP contribution is 2.24. The smallest absolute Gasteiger partial charge is 0.328 e. The molecule has 1 radical (unpaired) electrons. The molecule has 93 valence electrons. The van der Waals surface area contributed by atoms with Gasteiger partial charge in [0, 0.05) is 0 Å². The van der Waals surface area contributed by atoms with E-state index in [2.05, 4.69) is 10.8 Å². The van der Waals surface area contributed by atoms with Gasteiger partial charge in [-0.3, -0.25) is 0 Å². The van der Waals surface area contributed by atoms with Crippen LogP contribution in [0.5, 0.6) is 5.75 Å². The molecule has 8 heteroatoms. The molecule has 6 nitrogen and oxygen atoms in total. The summed E-state index contributed by atoms with van der Waals surface area (Å²) in [6, 6.07) is 4.71. The van der Waals surface area contributed by atoms with Crippen molar-refractivity contribution in [2.24, 2.45) is 0 Å². The summed E-state index contributed by atoms with van der Waals surface area (Å²) in [5, 5.41) is 0. The lowest BCUT2D eigenvalue weighted by Crippen LogP contribution is -2.14. The van der Waals surface area contributed by atoms with Crippen molar-refractivity contribution in [1.29, 1.82) is 0 Å². The number of rotatable bonds is 5. The van der Waals surface area contributed by atoms with E-state index in [1.165, 1.54) is 12.1 Å². The van der Waals surface area contributed by atoms with E-state index in [0.717, 1.165) is 18.2 Å². The SMILES string of the molecule is C=CCS(=O)(=O)Oc1ccccc1S([O])(=O)=O. The molecule has 0 N–H and O–H groups in total. The van der Waals surface area contributed by atoms with Gasteiger partial charge in [0.2, 0.25) is 0 Å². The Kier molecular flexibility index (Phi) is 3.91. The maximum Gasteiger partial charge on any atom is 0.328 e. The molecule has 0 atom stereocenters. The van der Waals surface area contributed by atoms with E-state index in [1.807, 2.05) is 0 Å². The first-order chi connectivity index (χ1) is 7.76. The van der Waals surface area contributed by atoms with Crippen LogP contribution in [0.2, 0.25) is 0 Å². The molecule has 1 rings (SSSR count). The molecule has 0 saturated heterocycles. The summed E-state index contributed by atoms with van der Waals surface area (Å²) in [5.41, 5.74) is 0.